The Labute approximate surface area is 176 Å². The Bertz CT molecular complexity index is 1270. The molecule has 0 atom stereocenters. The molecule has 0 radical (unpaired) electrons. The van der Waals surface area contributed by atoms with E-state index in [9.17, 15) is 8.42 Å². The van der Waals surface area contributed by atoms with Crippen molar-refractivity contribution in [3.8, 4) is 5.69 Å². The van der Waals surface area contributed by atoms with Gasteiger partial charge in [0, 0.05) is 6.20 Å². The van der Waals surface area contributed by atoms with Crippen LogP contribution in [0.1, 0.15) is 22.5 Å². The highest BCUT2D eigenvalue weighted by molar-refractivity contribution is 7.92. The molecule has 0 unspecified atom stereocenters. The van der Waals surface area contributed by atoms with Gasteiger partial charge in [-0.2, -0.15) is 10.2 Å². The fraction of sp³-hybridized carbons (Fsp3) is 0.182. The third-order valence-electron chi connectivity index (χ3n) is 4.85. The van der Waals surface area contributed by atoms with E-state index in [4.69, 9.17) is 0 Å². The lowest BCUT2D eigenvalue weighted by atomic mass is 10.1. The number of nitrogens with one attached hydrogen (secondary N) is 1. The molecule has 0 saturated carbocycles. The molecule has 4 aromatic rings. The van der Waals surface area contributed by atoms with Crippen molar-refractivity contribution in [3.63, 3.8) is 0 Å². The van der Waals surface area contributed by atoms with Crippen molar-refractivity contribution < 1.29 is 8.42 Å². The maximum Gasteiger partial charge on any atom is 0.265 e. The minimum absolute atomic E-state index is 0.178. The zero-order chi connectivity index (χ0) is 21.3. The number of anilines is 1. The van der Waals surface area contributed by atoms with E-state index in [-0.39, 0.29) is 4.90 Å². The molecule has 7 nitrogen and oxygen atoms in total. The third-order valence-corrected chi connectivity index (χ3v) is 6.48. The van der Waals surface area contributed by atoms with Crippen LogP contribution in [-0.4, -0.2) is 28.0 Å². The van der Waals surface area contributed by atoms with E-state index in [1.165, 1.54) is 11.8 Å². The van der Waals surface area contributed by atoms with Gasteiger partial charge in [0.25, 0.3) is 10.0 Å². The summed E-state index contributed by atoms with van der Waals surface area (Å²) >= 11 is 0. The summed E-state index contributed by atoms with van der Waals surface area (Å²) in [5.41, 5.74) is 4.50. The molecule has 1 N–H and O–H groups in total. The van der Waals surface area contributed by atoms with Gasteiger partial charge in [-0.05, 0) is 38.5 Å². The number of aryl methyl sites for hydroxylation is 2. The van der Waals surface area contributed by atoms with Crippen LogP contribution in [0, 0.1) is 20.8 Å². The highest BCUT2D eigenvalue weighted by Gasteiger charge is 2.25. The number of benzene rings is 2. The Kier molecular flexibility index (Phi) is 5.17. The zero-order valence-corrected chi connectivity index (χ0v) is 17.9. The summed E-state index contributed by atoms with van der Waals surface area (Å²) in [6, 6.07) is 17.6. The first-order valence-electron chi connectivity index (χ1n) is 9.56. The van der Waals surface area contributed by atoms with Crippen LogP contribution in [0.15, 0.2) is 71.9 Å². The van der Waals surface area contributed by atoms with Gasteiger partial charge in [-0.25, -0.2) is 13.1 Å². The molecule has 2 heterocycles. The van der Waals surface area contributed by atoms with Crippen molar-refractivity contribution in [2.24, 2.45) is 0 Å². The van der Waals surface area contributed by atoms with Gasteiger partial charge in [0.1, 0.15) is 4.90 Å². The molecule has 8 heteroatoms. The van der Waals surface area contributed by atoms with Gasteiger partial charge in [0.15, 0.2) is 0 Å². The van der Waals surface area contributed by atoms with E-state index < -0.39 is 10.0 Å². The van der Waals surface area contributed by atoms with E-state index in [1.54, 1.807) is 29.4 Å². The van der Waals surface area contributed by atoms with Crippen LogP contribution < -0.4 is 4.72 Å². The van der Waals surface area contributed by atoms with E-state index in [2.05, 4.69) is 14.9 Å². The fourth-order valence-electron chi connectivity index (χ4n) is 3.43. The molecule has 2 aromatic heterocycles. The average molecular weight is 422 g/mol. The molecule has 0 aliphatic heterocycles. The largest absolute Gasteiger partial charge is 0.276 e. The van der Waals surface area contributed by atoms with Crippen LogP contribution in [0.4, 0.5) is 5.69 Å². The van der Waals surface area contributed by atoms with Crippen LogP contribution in [0.5, 0.6) is 0 Å². The van der Waals surface area contributed by atoms with Gasteiger partial charge in [0.2, 0.25) is 0 Å². The summed E-state index contributed by atoms with van der Waals surface area (Å²) in [4.78, 5) is 0.178. The number of hydrogen-bond donors (Lipinski definition) is 1. The van der Waals surface area contributed by atoms with Crippen molar-refractivity contribution >= 4 is 15.7 Å². The minimum Gasteiger partial charge on any atom is -0.276 e. The van der Waals surface area contributed by atoms with Gasteiger partial charge in [-0.15, -0.1) is 0 Å². The van der Waals surface area contributed by atoms with Crippen molar-refractivity contribution in [1.82, 2.24) is 19.6 Å². The number of nitrogens with zero attached hydrogens (tertiary/aromatic N) is 4. The van der Waals surface area contributed by atoms with Crippen molar-refractivity contribution in [1.29, 1.82) is 0 Å². The van der Waals surface area contributed by atoms with Gasteiger partial charge < -0.3 is 0 Å². The second kappa shape index (κ2) is 7.79. The van der Waals surface area contributed by atoms with Crippen LogP contribution in [0.25, 0.3) is 5.69 Å². The Hall–Kier alpha value is -3.39. The summed E-state index contributed by atoms with van der Waals surface area (Å²) < 4.78 is 32.2. The number of sulfonamides is 1. The topological polar surface area (TPSA) is 81.8 Å². The van der Waals surface area contributed by atoms with E-state index >= 15 is 0 Å². The Morgan fingerprint density at radius 2 is 1.67 bits per heavy atom. The summed E-state index contributed by atoms with van der Waals surface area (Å²) in [5.74, 6) is 0. The predicted molar refractivity (Wildman–Crippen MR) is 116 cm³/mol. The van der Waals surface area contributed by atoms with E-state index in [0.717, 1.165) is 11.3 Å². The molecule has 0 aliphatic rings. The zero-order valence-electron chi connectivity index (χ0n) is 17.1. The molecule has 2 aromatic carbocycles. The summed E-state index contributed by atoms with van der Waals surface area (Å²) in [5, 5.41) is 8.71. The lowest BCUT2D eigenvalue weighted by molar-refractivity contribution is 0.600. The van der Waals surface area contributed by atoms with E-state index in [0.29, 0.717) is 23.6 Å². The summed E-state index contributed by atoms with van der Waals surface area (Å²) in [6.45, 7) is 6.05. The number of hydrogen-bond acceptors (Lipinski definition) is 4. The first-order chi connectivity index (χ1) is 14.3. The normalized spacial score (nSPS) is 11.6. The monoisotopic (exact) mass is 421 g/mol. The standard InChI is InChI=1S/C22H23N5O2S/c1-16-9-11-19(12-10-16)14-26-15-20(13-23-26)25-30(28,29)22-17(2)24-27(18(22)3)21-7-5-4-6-8-21/h4-13,15,25H,14H2,1-3H3. The van der Waals surface area contributed by atoms with E-state index in [1.807, 2.05) is 61.5 Å². The van der Waals surface area contributed by atoms with Crippen LogP contribution in [0.3, 0.4) is 0 Å². The van der Waals surface area contributed by atoms with Gasteiger partial charge in [0.05, 0.1) is 35.5 Å². The maximum atomic E-state index is 13.1. The average Bonchev–Trinajstić information content (AvgIpc) is 3.27. The molecule has 4 rings (SSSR count). The van der Waals surface area contributed by atoms with Crippen LogP contribution >= 0.6 is 0 Å². The minimum atomic E-state index is -3.81. The van der Waals surface area contributed by atoms with Gasteiger partial charge >= 0.3 is 0 Å². The molecule has 0 aliphatic carbocycles. The molecule has 0 amide bonds. The number of para-hydroxylation sites is 1. The fourth-order valence-corrected chi connectivity index (χ4v) is 4.85. The second-order valence-corrected chi connectivity index (χ2v) is 8.88. The molecule has 0 fully saturated rings. The molecular formula is C22H23N5O2S. The predicted octanol–water partition coefficient (Wildman–Crippen LogP) is 3.84. The SMILES string of the molecule is Cc1ccc(Cn2cc(NS(=O)(=O)c3c(C)nn(-c4ccccc4)c3C)cn2)cc1. The van der Waals surface area contributed by atoms with Crippen molar-refractivity contribution in [2.45, 2.75) is 32.2 Å². The summed E-state index contributed by atoms with van der Waals surface area (Å²) in [7, 11) is -3.81. The molecule has 0 bridgehead atoms. The molecule has 30 heavy (non-hydrogen) atoms. The molecule has 0 spiro atoms. The van der Waals surface area contributed by atoms with Gasteiger partial charge in [-0.1, -0.05) is 48.0 Å². The molecule has 154 valence electrons. The number of rotatable bonds is 6. The van der Waals surface area contributed by atoms with Crippen molar-refractivity contribution in [3.05, 3.63) is 89.5 Å². The first kappa shape index (κ1) is 19.9. The lowest BCUT2D eigenvalue weighted by Gasteiger charge is -2.07. The maximum absolute atomic E-state index is 13.1. The van der Waals surface area contributed by atoms with Crippen LogP contribution in [-0.2, 0) is 16.6 Å². The smallest absolute Gasteiger partial charge is 0.265 e. The Morgan fingerprint density at radius 3 is 2.37 bits per heavy atom. The highest BCUT2D eigenvalue weighted by atomic mass is 32.2. The summed E-state index contributed by atoms with van der Waals surface area (Å²) in [6.07, 6.45) is 3.20. The lowest BCUT2D eigenvalue weighted by Crippen LogP contribution is -2.14. The Balaban J connectivity index is 1.58. The Morgan fingerprint density at radius 1 is 0.967 bits per heavy atom. The first-order valence-corrected chi connectivity index (χ1v) is 11.0. The molecular weight excluding hydrogens is 398 g/mol. The van der Waals surface area contributed by atoms with Crippen LogP contribution in [0.2, 0.25) is 0 Å². The molecule has 0 saturated heterocycles. The number of aromatic nitrogens is 4. The van der Waals surface area contributed by atoms with Crippen molar-refractivity contribution in [2.75, 3.05) is 4.72 Å². The highest BCUT2D eigenvalue weighted by Crippen LogP contribution is 2.24. The quantitative estimate of drug-likeness (QED) is 0.513. The second-order valence-electron chi connectivity index (χ2n) is 7.26. The third kappa shape index (κ3) is 3.99. The van der Waals surface area contributed by atoms with Gasteiger partial charge in [-0.3, -0.25) is 9.40 Å².